The van der Waals surface area contributed by atoms with E-state index in [-0.39, 0.29) is 10.7 Å². The number of sulfonamides is 1. The molecule has 2 rings (SSSR count). The van der Waals surface area contributed by atoms with Gasteiger partial charge in [-0.05, 0) is 19.1 Å². The van der Waals surface area contributed by atoms with Crippen molar-refractivity contribution >= 4 is 21.8 Å². The molecule has 0 saturated carbocycles. The van der Waals surface area contributed by atoms with Gasteiger partial charge in [0.05, 0.1) is 12.4 Å². The van der Waals surface area contributed by atoms with Crippen LogP contribution in [0.4, 0.5) is 11.8 Å². The standard InChI is InChI=1S/C10H12N6O2S/c1-2-11-10-12-6-8(7-13-10)19(17,18)16-9-4-3-5-14-15-9/h3-7H,2H2,1H3,(H,15,16)(H,11,12,13). The number of nitrogens with one attached hydrogen (secondary N) is 2. The van der Waals surface area contributed by atoms with Gasteiger partial charge in [-0.2, -0.15) is 5.10 Å². The van der Waals surface area contributed by atoms with Crippen LogP contribution in [0, 0.1) is 0 Å². The first kappa shape index (κ1) is 13.1. The van der Waals surface area contributed by atoms with Crippen LogP contribution in [0.3, 0.4) is 0 Å². The van der Waals surface area contributed by atoms with E-state index in [9.17, 15) is 8.42 Å². The molecular weight excluding hydrogens is 268 g/mol. The molecule has 0 atom stereocenters. The lowest BCUT2D eigenvalue weighted by atomic mass is 10.6. The molecule has 2 aromatic heterocycles. The SMILES string of the molecule is CCNc1ncc(S(=O)(=O)Nc2cccnn2)cn1. The Balaban J connectivity index is 2.20. The summed E-state index contributed by atoms with van der Waals surface area (Å²) in [6, 6.07) is 3.08. The van der Waals surface area contributed by atoms with Gasteiger partial charge >= 0.3 is 0 Å². The van der Waals surface area contributed by atoms with E-state index in [1.54, 1.807) is 6.07 Å². The Bertz CT molecular complexity index is 629. The van der Waals surface area contributed by atoms with Crippen LogP contribution in [0.15, 0.2) is 35.6 Å². The zero-order chi connectivity index (χ0) is 13.7. The molecule has 9 heteroatoms. The molecule has 0 aromatic carbocycles. The normalized spacial score (nSPS) is 11.0. The Morgan fingerprint density at radius 2 is 2.00 bits per heavy atom. The summed E-state index contributed by atoms with van der Waals surface area (Å²) < 4.78 is 26.3. The molecule has 100 valence electrons. The highest BCUT2D eigenvalue weighted by atomic mass is 32.2. The van der Waals surface area contributed by atoms with Crippen LogP contribution in [0.1, 0.15) is 6.92 Å². The minimum absolute atomic E-state index is 0.0418. The lowest BCUT2D eigenvalue weighted by Gasteiger charge is -2.06. The van der Waals surface area contributed by atoms with Gasteiger partial charge in [-0.1, -0.05) is 0 Å². The molecule has 19 heavy (non-hydrogen) atoms. The first-order chi connectivity index (χ1) is 9.12. The molecule has 0 unspecified atom stereocenters. The van der Waals surface area contributed by atoms with E-state index >= 15 is 0 Å². The van der Waals surface area contributed by atoms with Crippen LogP contribution in [0.25, 0.3) is 0 Å². The first-order valence-electron chi connectivity index (χ1n) is 5.48. The van der Waals surface area contributed by atoms with Crippen molar-refractivity contribution in [2.24, 2.45) is 0 Å². The minimum Gasteiger partial charge on any atom is -0.355 e. The van der Waals surface area contributed by atoms with Crippen LogP contribution < -0.4 is 10.0 Å². The molecule has 0 radical (unpaired) electrons. The van der Waals surface area contributed by atoms with E-state index in [1.165, 1.54) is 24.7 Å². The second-order valence-corrected chi connectivity index (χ2v) is 5.17. The molecule has 8 nitrogen and oxygen atoms in total. The van der Waals surface area contributed by atoms with Crippen LogP contribution in [0.5, 0.6) is 0 Å². The summed E-state index contributed by atoms with van der Waals surface area (Å²) in [5.74, 6) is 0.513. The minimum atomic E-state index is -3.75. The Morgan fingerprint density at radius 3 is 2.58 bits per heavy atom. The number of rotatable bonds is 5. The maximum absolute atomic E-state index is 12.0. The van der Waals surface area contributed by atoms with Gasteiger partial charge in [0.15, 0.2) is 5.82 Å². The molecule has 0 fully saturated rings. The molecule has 2 aromatic rings. The fraction of sp³-hybridized carbons (Fsp3) is 0.200. The van der Waals surface area contributed by atoms with E-state index in [0.717, 1.165) is 0 Å². The predicted molar refractivity (Wildman–Crippen MR) is 69.0 cm³/mol. The van der Waals surface area contributed by atoms with E-state index in [4.69, 9.17) is 0 Å². The van der Waals surface area contributed by atoms with Crippen molar-refractivity contribution < 1.29 is 8.42 Å². The van der Waals surface area contributed by atoms with Crippen LogP contribution in [-0.4, -0.2) is 35.1 Å². The Morgan fingerprint density at radius 1 is 1.26 bits per heavy atom. The van der Waals surface area contributed by atoms with Crippen molar-refractivity contribution in [2.75, 3.05) is 16.6 Å². The lowest BCUT2D eigenvalue weighted by Crippen LogP contribution is -2.15. The van der Waals surface area contributed by atoms with Gasteiger partial charge in [0.1, 0.15) is 4.90 Å². The van der Waals surface area contributed by atoms with Gasteiger partial charge in [0, 0.05) is 12.7 Å². The largest absolute Gasteiger partial charge is 0.355 e. The van der Waals surface area contributed by atoms with Gasteiger partial charge in [0.2, 0.25) is 5.95 Å². The zero-order valence-corrected chi connectivity index (χ0v) is 10.9. The first-order valence-corrected chi connectivity index (χ1v) is 6.96. The van der Waals surface area contributed by atoms with Crippen molar-refractivity contribution in [1.82, 2.24) is 20.2 Å². The lowest BCUT2D eigenvalue weighted by molar-refractivity contribution is 0.600. The Hall–Kier alpha value is -2.29. The topological polar surface area (TPSA) is 110 Å². The number of nitrogens with zero attached hydrogens (tertiary/aromatic N) is 4. The summed E-state index contributed by atoms with van der Waals surface area (Å²) in [5.41, 5.74) is 0. The fourth-order valence-corrected chi connectivity index (χ4v) is 2.14. The molecule has 0 aliphatic carbocycles. The van der Waals surface area contributed by atoms with Crippen molar-refractivity contribution in [2.45, 2.75) is 11.8 Å². The second-order valence-electron chi connectivity index (χ2n) is 3.49. The van der Waals surface area contributed by atoms with E-state index in [1.807, 2.05) is 6.92 Å². The van der Waals surface area contributed by atoms with Gasteiger partial charge in [-0.15, -0.1) is 5.10 Å². The highest BCUT2D eigenvalue weighted by molar-refractivity contribution is 7.92. The summed E-state index contributed by atoms with van der Waals surface area (Å²) in [4.78, 5) is 7.76. The van der Waals surface area contributed by atoms with Gasteiger partial charge in [0.25, 0.3) is 10.0 Å². The summed E-state index contributed by atoms with van der Waals surface area (Å²) in [6.45, 7) is 2.55. The van der Waals surface area contributed by atoms with Gasteiger partial charge in [-0.3, -0.25) is 4.72 Å². The molecular formula is C10H12N6O2S. The third kappa shape index (κ3) is 3.35. The zero-order valence-electron chi connectivity index (χ0n) is 10.1. The molecule has 0 saturated heterocycles. The molecule has 0 aliphatic rings. The molecule has 0 spiro atoms. The summed E-state index contributed by atoms with van der Waals surface area (Å²) in [7, 11) is -3.75. The second kappa shape index (κ2) is 5.57. The number of anilines is 2. The average molecular weight is 280 g/mol. The van der Waals surface area contributed by atoms with Crippen molar-refractivity contribution in [1.29, 1.82) is 0 Å². The Labute approximate surface area is 110 Å². The van der Waals surface area contributed by atoms with Crippen molar-refractivity contribution in [3.63, 3.8) is 0 Å². The molecule has 0 aliphatic heterocycles. The van der Waals surface area contributed by atoms with E-state index in [2.05, 4.69) is 30.2 Å². The molecule has 2 N–H and O–H groups in total. The molecule has 0 bridgehead atoms. The van der Waals surface area contributed by atoms with Crippen LogP contribution >= 0.6 is 0 Å². The quantitative estimate of drug-likeness (QED) is 0.820. The van der Waals surface area contributed by atoms with Crippen molar-refractivity contribution in [3.05, 3.63) is 30.7 Å². The van der Waals surface area contributed by atoms with Crippen molar-refractivity contribution in [3.8, 4) is 0 Å². The maximum Gasteiger partial charge on any atom is 0.266 e. The molecule has 2 heterocycles. The third-order valence-corrected chi connectivity index (χ3v) is 3.39. The smallest absolute Gasteiger partial charge is 0.266 e. The third-order valence-electron chi connectivity index (χ3n) is 2.08. The summed E-state index contributed by atoms with van der Waals surface area (Å²) in [5, 5.41) is 10.1. The van der Waals surface area contributed by atoms with Crippen LogP contribution in [-0.2, 0) is 10.0 Å². The average Bonchev–Trinajstić information content (AvgIpc) is 2.40. The van der Waals surface area contributed by atoms with E-state index < -0.39 is 10.0 Å². The highest BCUT2D eigenvalue weighted by Crippen LogP contribution is 2.12. The molecule has 0 amide bonds. The number of aromatic nitrogens is 4. The monoisotopic (exact) mass is 280 g/mol. The summed E-state index contributed by atoms with van der Waals surface area (Å²) in [6.07, 6.45) is 3.90. The predicted octanol–water partition coefficient (Wildman–Crippen LogP) is 0.499. The van der Waals surface area contributed by atoms with Crippen LogP contribution in [0.2, 0.25) is 0 Å². The van der Waals surface area contributed by atoms with Gasteiger partial charge in [-0.25, -0.2) is 18.4 Å². The highest BCUT2D eigenvalue weighted by Gasteiger charge is 2.16. The Kier molecular flexibility index (Phi) is 3.85. The fourth-order valence-electron chi connectivity index (χ4n) is 1.26. The number of hydrogen-bond acceptors (Lipinski definition) is 7. The van der Waals surface area contributed by atoms with Gasteiger partial charge < -0.3 is 5.32 Å². The van der Waals surface area contributed by atoms with E-state index in [0.29, 0.717) is 12.5 Å². The maximum atomic E-state index is 12.0. The summed E-state index contributed by atoms with van der Waals surface area (Å²) >= 11 is 0. The number of hydrogen-bond donors (Lipinski definition) is 2.